The van der Waals surface area contributed by atoms with Crippen LogP contribution in [0.3, 0.4) is 0 Å². The molecule has 5 N–H and O–H groups in total. The van der Waals surface area contributed by atoms with Crippen LogP contribution < -0.4 is 56.5 Å². The van der Waals surface area contributed by atoms with Gasteiger partial charge in [-0.15, -0.1) is 0 Å². The molecule has 0 heterocycles. The Morgan fingerprint density at radius 3 is 2.42 bits per heavy atom. The van der Waals surface area contributed by atoms with E-state index in [1.54, 1.807) is 0 Å². The molecule has 0 saturated heterocycles. The number of benzene rings is 1. The van der Waals surface area contributed by atoms with Gasteiger partial charge in [0.05, 0.1) is 12.1 Å². The van der Waals surface area contributed by atoms with E-state index in [-0.39, 0.29) is 62.9 Å². The maximum absolute atomic E-state index is 11.8. The summed E-state index contributed by atoms with van der Waals surface area (Å²) in [6, 6.07) is 3.81. The van der Waals surface area contributed by atoms with E-state index in [9.17, 15) is 40.2 Å². The van der Waals surface area contributed by atoms with Crippen molar-refractivity contribution in [2.75, 3.05) is 0 Å². The Morgan fingerprint density at radius 1 is 1.19 bits per heavy atom. The molecule has 1 aliphatic rings. The van der Waals surface area contributed by atoms with Crippen molar-refractivity contribution in [3.8, 4) is 11.5 Å². The van der Waals surface area contributed by atoms with Gasteiger partial charge >= 0.3 is 57.4 Å². The van der Waals surface area contributed by atoms with E-state index in [0.29, 0.717) is 5.56 Å². The van der Waals surface area contributed by atoms with Gasteiger partial charge in [0.1, 0.15) is 17.8 Å². The number of hydrogen-bond donors (Lipinski definition) is 5. The predicted molar refractivity (Wildman–Crippen MR) is 79.9 cm³/mol. The number of aliphatic hydroxyl groups excluding tert-OH is 2. The predicted octanol–water partition coefficient (Wildman–Crippen LogP) is -4.98. The monoisotopic (exact) mass is 392 g/mol. The molecule has 136 valence electrons. The van der Waals surface area contributed by atoms with Crippen molar-refractivity contribution in [3.05, 3.63) is 29.8 Å². The average molecular weight is 392 g/mol. The number of rotatable bonds is 4. The molecule has 2 rings (SSSR count). The number of aliphatic hydroxyl groups is 3. The fourth-order valence-corrected chi connectivity index (χ4v) is 2.53. The molecule has 1 aromatic carbocycles. The zero-order valence-corrected chi connectivity index (χ0v) is 17.0. The second kappa shape index (κ2) is 9.29. The van der Waals surface area contributed by atoms with Crippen LogP contribution in [-0.4, -0.2) is 61.4 Å². The minimum Gasteiger partial charge on any atom is -0.547 e. The number of carbonyl (C=O) groups excluding carboxylic acids is 2. The summed E-state index contributed by atoms with van der Waals surface area (Å²) in [5.74, 6) is -3.53. The van der Waals surface area contributed by atoms with Gasteiger partial charge in [-0.1, -0.05) is 6.07 Å². The van der Waals surface area contributed by atoms with Crippen LogP contribution in [0.1, 0.15) is 18.4 Å². The van der Waals surface area contributed by atoms with Crippen molar-refractivity contribution >= 4 is 18.0 Å². The van der Waals surface area contributed by atoms with Crippen molar-refractivity contribution in [2.24, 2.45) is 0 Å². The number of carboxylic acid groups (broad SMARTS) is 1. The summed E-state index contributed by atoms with van der Waals surface area (Å²) in [6.07, 6.45) is -3.70. The van der Waals surface area contributed by atoms with Crippen LogP contribution in [-0.2, 0) is 14.3 Å². The molecule has 1 aliphatic carbocycles. The number of ether oxygens (including phenoxy) is 1. The molecule has 1 aromatic rings. The SMILES string of the molecule is O=C(/C=C/c1ccc(O)c(O)c1)OC1CC(O)(C(=O)[O-])CC(O)C1O.[K+]. The summed E-state index contributed by atoms with van der Waals surface area (Å²) in [4.78, 5) is 22.8. The van der Waals surface area contributed by atoms with Crippen LogP contribution >= 0.6 is 0 Å². The number of phenolic OH excluding ortho intramolecular Hbond substituents is 2. The van der Waals surface area contributed by atoms with Crippen molar-refractivity contribution in [1.29, 1.82) is 0 Å². The molecule has 0 spiro atoms. The van der Waals surface area contributed by atoms with Crippen LogP contribution in [0.2, 0.25) is 0 Å². The van der Waals surface area contributed by atoms with Gasteiger partial charge in [-0.25, -0.2) is 4.79 Å². The van der Waals surface area contributed by atoms with Crippen LogP contribution in [0, 0.1) is 0 Å². The third kappa shape index (κ3) is 5.51. The fraction of sp³-hybridized carbons (Fsp3) is 0.375. The van der Waals surface area contributed by atoms with Crippen LogP contribution in [0.25, 0.3) is 6.08 Å². The van der Waals surface area contributed by atoms with E-state index < -0.39 is 48.7 Å². The molecule has 1 fully saturated rings. The van der Waals surface area contributed by atoms with Crippen molar-refractivity contribution in [2.45, 2.75) is 36.8 Å². The molecule has 26 heavy (non-hydrogen) atoms. The second-order valence-electron chi connectivity index (χ2n) is 5.84. The number of aliphatic carboxylic acids is 1. The summed E-state index contributed by atoms with van der Waals surface area (Å²) < 4.78 is 4.90. The maximum Gasteiger partial charge on any atom is 1.00 e. The van der Waals surface area contributed by atoms with Crippen LogP contribution in [0.4, 0.5) is 0 Å². The van der Waals surface area contributed by atoms with Crippen molar-refractivity contribution < 1.29 is 96.3 Å². The molecule has 0 aromatic heterocycles. The topological polar surface area (TPSA) is 168 Å². The van der Waals surface area contributed by atoms with Gasteiger partial charge in [0.15, 0.2) is 11.5 Å². The van der Waals surface area contributed by atoms with E-state index in [0.717, 1.165) is 6.08 Å². The molecule has 1 saturated carbocycles. The summed E-state index contributed by atoms with van der Waals surface area (Å²) in [6.45, 7) is 0. The zero-order chi connectivity index (χ0) is 18.8. The van der Waals surface area contributed by atoms with E-state index in [4.69, 9.17) is 4.74 Å². The number of esters is 1. The van der Waals surface area contributed by atoms with E-state index >= 15 is 0 Å². The average Bonchev–Trinajstić information content (AvgIpc) is 2.53. The molecule has 10 heteroatoms. The third-order valence-electron chi connectivity index (χ3n) is 3.92. The van der Waals surface area contributed by atoms with Gasteiger partial charge in [0.2, 0.25) is 0 Å². The minimum absolute atomic E-state index is 0. The first-order valence-electron chi connectivity index (χ1n) is 7.33. The van der Waals surface area contributed by atoms with Crippen LogP contribution in [0.5, 0.6) is 11.5 Å². The number of hydrogen-bond acceptors (Lipinski definition) is 9. The smallest absolute Gasteiger partial charge is 0.547 e. The van der Waals surface area contributed by atoms with Gasteiger partial charge in [-0.3, -0.25) is 0 Å². The van der Waals surface area contributed by atoms with Crippen molar-refractivity contribution in [1.82, 2.24) is 0 Å². The standard InChI is InChI=1S/C16H18O9.K/c17-9-3-1-8(5-10(9)18)2-4-13(20)25-12-7-16(24,15(22)23)6-11(19)14(12)21;/h1-5,11-12,14,17-19,21,24H,6-7H2,(H,22,23);/q;+1/p-1/b4-2+;. The number of carboxylic acids is 1. The second-order valence-corrected chi connectivity index (χ2v) is 5.84. The van der Waals surface area contributed by atoms with Gasteiger partial charge in [-0.05, 0) is 23.8 Å². The molecule has 4 unspecified atom stereocenters. The van der Waals surface area contributed by atoms with E-state index in [1.165, 1.54) is 24.3 Å². The van der Waals surface area contributed by atoms with Crippen molar-refractivity contribution in [3.63, 3.8) is 0 Å². The molecule has 0 bridgehead atoms. The van der Waals surface area contributed by atoms with Gasteiger partial charge in [-0.2, -0.15) is 0 Å². The number of phenols is 2. The summed E-state index contributed by atoms with van der Waals surface area (Å²) in [5, 5.41) is 58.9. The van der Waals surface area contributed by atoms with Gasteiger partial charge in [0, 0.05) is 18.9 Å². The zero-order valence-electron chi connectivity index (χ0n) is 13.9. The largest absolute Gasteiger partial charge is 1.00 e. The molecule has 0 aliphatic heterocycles. The van der Waals surface area contributed by atoms with Gasteiger partial charge in [0.25, 0.3) is 0 Å². The normalized spacial score (nSPS) is 28.3. The first kappa shape index (κ1) is 23.1. The Balaban J connectivity index is 0.00000338. The quantitative estimate of drug-likeness (QED) is 0.146. The molecular formula is C16H17KO9. The van der Waals surface area contributed by atoms with Gasteiger partial charge < -0.3 is 40.2 Å². The molecular weight excluding hydrogens is 375 g/mol. The molecule has 0 radical (unpaired) electrons. The summed E-state index contributed by atoms with van der Waals surface area (Å²) >= 11 is 0. The number of carbonyl (C=O) groups is 2. The first-order valence-corrected chi connectivity index (χ1v) is 7.33. The number of aromatic hydroxyl groups is 2. The Morgan fingerprint density at radius 2 is 1.85 bits per heavy atom. The molecule has 4 atom stereocenters. The van der Waals surface area contributed by atoms with E-state index in [1.807, 2.05) is 0 Å². The Bertz CT molecular complexity index is 705. The Hall–Kier alpha value is -0.984. The maximum atomic E-state index is 11.8. The van der Waals surface area contributed by atoms with E-state index in [2.05, 4.69) is 0 Å². The first-order chi connectivity index (χ1) is 11.6. The summed E-state index contributed by atoms with van der Waals surface area (Å²) in [7, 11) is 0. The minimum atomic E-state index is -2.42. The fourth-order valence-electron chi connectivity index (χ4n) is 2.53. The Kier molecular flexibility index (Phi) is 8.23. The Labute approximate surface area is 191 Å². The molecule has 9 nitrogen and oxygen atoms in total. The summed E-state index contributed by atoms with van der Waals surface area (Å²) in [5.41, 5.74) is -2.06. The third-order valence-corrected chi connectivity index (χ3v) is 3.92. The van der Waals surface area contributed by atoms with Crippen LogP contribution in [0.15, 0.2) is 24.3 Å². The molecule has 0 amide bonds.